The van der Waals surface area contributed by atoms with Gasteiger partial charge in [-0.3, -0.25) is 11.3 Å². The highest BCUT2D eigenvalue weighted by molar-refractivity contribution is 9.10. The van der Waals surface area contributed by atoms with Crippen LogP contribution in [-0.2, 0) is 11.2 Å². The molecule has 112 valence electrons. The van der Waals surface area contributed by atoms with Crippen molar-refractivity contribution < 1.29 is 4.74 Å². The van der Waals surface area contributed by atoms with Gasteiger partial charge in [-0.2, -0.15) is 0 Å². The van der Waals surface area contributed by atoms with Gasteiger partial charge in [-0.05, 0) is 42.9 Å². The van der Waals surface area contributed by atoms with E-state index in [0.717, 1.165) is 23.7 Å². The van der Waals surface area contributed by atoms with E-state index in [1.165, 1.54) is 18.4 Å². The van der Waals surface area contributed by atoms with Crippen molar-refractivity contribution in [1.82, 2.24) is 5.43 Å². The first-order valence-corrected chi connectivity index (χ1v) is 8.14. The number of hydrazine groups is 1. The molecule has 1 aliphatic carbocycles. The Kier molecular flexibility index (Phi) is 5.61. The van der Waals surface area contributed by atoms with Crippen LogP contribution in [0.5, 0.6) is 0 Å². The van der Waals surface area contributed by atoms with E-state index in [-0.39, 0.29) is 11.6 Å². The summed E-state index contributed by atoms with van der Waals surface area (Å²) in [7, 11) is 1.82. The van der Waals surface area contributed by atoms with Crippen molar-refractivity contribution in [2.75, 3.05) is 7.11 Å². The number of halogens is 1. The first kappa shape index (κ1) is 16.0. The highest BCUT2D eigenvalue weighted by atomic mass is 79.9. The molecule has 0 heterocycles. The zero-order valence-electron chi connectivity index (χ0n) is 12.4. The molecule has 4 heteroatoms. The Labute approximate surface area is 130 Å². The van der Waals surface area contributed by atoms with Gasteiger partial charge in [0.05, 0.1) is 11.6 Å². The highest BCUT2D eigenvalue weighted by Crippen LogP contribution is 2.38. The fraction of sp³-hybridized carbons (Fsp3) is 0.625. The Morgan fingerprint density at radius 3 is 2.95 bits per heavy atom. The van der Waals surface area contributed by atoms with E-state index in [9.17, 15) is 0 Å². The lowest BCUT2D eigenvalue weighted by Gasteiger charge is -2.44. The van der Waals surface area contributed by atoms with E-state index in [4.69, 9.17) is 10.6 Å². The molecular formula is C16H25BrN2O. The van der Waals surface area contributed by atoms with Crippen LogP contribution < -0.4 is 11.3 Å². The van der Waals surface area contributed by atoms with Crippen molar-refractivity contribution in [3.63, 3.8) is 0 Å². The third-order valence-electron chi connectivity index (χ3n) is 4.56. The largest absolute Gasteiger partial charge is 0.377 e. The second-order valence-corrected chi connectivity index (χ2v) is 6.94. The lowest BCUT2D eigenvalue weighted by atomic mass is 9.73. The van der Waals surface area contributed by atoms with E-state index in [1.807, 2.05) is 13.2 Å². The van der Waals surface area contributed by atoms with Crippen molar-refractivity contribution >= 4 is 15.9 Å². The highest BCUT2D eigenvalue weighted by Gasteiger charge is 2.41. The maximum atomic E-state index is 5.95. The van der Waals surface area contributed by atoms with E-state index in [1.54, 1.807) is 0 Å². The quantitative estimate of drug-likeness (QED) is 0.637. The van der Waals surface area contributed by atoms with Gasteiger partial charge in [-0.15, -0.1) is 0 Å². The average Bonchev–Trinajstić information content (AvgIpc) is 2.44. The summed E-state index contributed by atoms with van der Waals surface area (Å²) in [6.07, 6.45) is 5.55. The van der Waals surface area contributed by atoms with Gasteiger partial charge >= 0.3 is 0 Å². The van der Waals surface area contributed by atoms with Crippen LogP contribution in [0, 0.1) is 5.92 Å². The molecule has 0 saturated heterocycles. The smallest absolute Gasteiger partial charge is 0.0850 e. The van der Waals surface area contributed by atoms with Gasteiger partial charge in [0.15, 0.2) is 0 Å². The van der Waals surface area contributed by atoms with Gasteiger partial charge in [-0.25, -0.2) is 0 Å². The molecule has 0 aliphatic heterocycles. The zero-order chi connectivity index (χ0) is 14.6. The van der Waals surface area contributed by atoms with Gasteiger partial charge in [0, 0.05) is 11.6 Å². The van der Waals surface area contributed by atoms with Gasteiger partial charge in [0.25, 0.3) is 0 Å². The van der Waals surface area contributed by atoms with Crippen LogP contribution in [0.15, 0.2) is 28.7 Å². The molecule has 1 aliphatic rings. The number of hydrogen-bond donors (Lipinski definition) is 2. The predicted molar refractivity (Wildman–Crippen MR) is 86.3 cm³/mol. The third-order valence-corrected chi connectivity index (χ3v) is 5.06. The minimum Gasteiger partial charge on any atom is -0.377 e. The molecule has 0 bridgehead atoms. The second-order valence-electron chi connectivity index (χ2n) is 6.02. The summed E-state index contributed by atoms with van der Waals surface area (Å²) >= 11 is 3.53. The third kappa shape index (κ3) is 3.61. The van der Waals surface area contributed by atoms with Crippen LogP contribution in [0.2, 0.25) is 0 Å². The molecule has 3 unspecified atom stereocenters. The molecule has 0 spiro atoms. The van der Waals surface area contributed by atoms with Crippen LogP contribution in [0.3, 0.4) is 0 Å². The molecule has 3 N–H and O–H groups in total. The van der Waals surface area contributed by atoms with Gasteiger partial charge in [-0.1, -0.05) is 47.8 Å². The molecule has 1 aromatic rings. The Morgan fingerprint density at radius 2 is 2.35 bits per heavy atom. The van der Waals surface area contributed by atoms with Crippen molar-refractivity contribution in [2.24, 2.45) is 11.8 Å². The van der Waals surface area contributed by atoms with Crippen molar-refractivity contribution in [1.29, 1.82) is 0 Å². The van der Waals surface area contributed by atoms with Crippen LogP contribution in [0.1, 0.15) is 38.2 Å². The Balaban J connectivity index is 2.17. The van der Waals surface area contributed by atoms with Gasteiger partial charge in [0.2, 0.25) is 0 Å². The number of nitrogens with two attached hydrogens (primary N) is 1. The number of nitrogens with one attached hydrogen (secondary N) is 1. The molecule has 3 nitrogen and oxygen atoms in total. The standard InChI is InChI=1S/C16H25BrN2O/c1-12-5-4-8-16(11-12,20-2)15(19-18)10-13-6-3-7-14(17)9-13/h3,6-7,9,12,15,19H,4-5,8,10-11,18H2,1-2H3. The summed E-state index contributed by atoms with van der Waals surface area (Å²) < 4.78 is 7.06. The summed E-state index contributed by atoms with van der Waals surface area (Å²) in [5, 5.41) is 0. The zero-order valence-corrected chi connectivity index (χ0v) is 13.9. The normalized spacial score (nSPS) is 28.3. The van der Waals surface area contributed by atoms with Crippen molar-refractivity contribution in [2.45, 2.75) is 50.7 Å². The minimum atomic E-state index is -0.144. The lowest BCUT2D eigenvalue weighted by molar-refractivity contribution is -0.0791. The number of benzene rings is 1. The molecule has 2 rings (SSSR count). The molecule has 0 aromatic heterocycles. The van der Waals surface area contributed by atoms with Gasteiger partial charge < -0.3 is 4.74 Å². The number of rotatable bonds is 5. The van der Waals surface area contributed by atoms with Crippen molar-refractivity contribution in [3.8, 4) is 0 Å². The van der Waals surface area contributed by atoms with E-state index in [0.29, 0.717) is 5.92 Å². The SMILES string of the molecule is COC1(C(Cc2cccc(Br)c2)NN)CCCC(C)C1. The fourth-order valence-corrected chi connectivity index (χ4v) is 3.93. The first-order chi connectivity index (χ1) is 9.59. The van der Waals surface area contributed by atoms with Crippen LogP contribution in [0.4, 0.5) is 0 Å². The van der Waals surface area contributed by atoms with Gasteiger partial charge in [0.1, 0.15) is 0 Å². The Hall–Kier alpha value is -0.420. The van der Waals surface area contributed by atoms with Crippen LogP contribution in [0.25, 0.3) is 0 Å². The summed E-state index contributed by atoms with van der Waals surface area (Å²) in [6, 6.07) is 8.55. The minimum absolute atomic E-state index is 0.143. The van der Waals surface area contributed by atoms with E-state index in [2.05, 4.69) is 46.5 Å². The first-order valence-electron chi connectivity index (χ1n) is 7.35. The monoisotopic (exact) mass is 340 g/mol. The summed E-state index contributed by atoms with van der Waals surface area (Å²) in [5.41, 5.74) is 4.14. The average molecular weight is 341 g/mol. The van der Waals surface area contributed by atoms with E-state index >= 15 is 0 Å². The number of methoxy groups -OCH3 is 1. The molecular weight excluding hydrogens is 316 g/mol. The topological polar surface area (TPSA) is 47.3 Å². The summed E-state index contributed by atoms with van der Waals surface area (Å²) in [6.45, 7) is 2.31. The summed E-state index contributed by atoms with van der Waals surface area (Å²) in [4.78, 5) is 0. The number of ether oxygens (including phenoxy) is 1. The lowest BCUT2D eigenvalue weighted by Crippen LogP contribution is -2.57. The summed E-state index contributed by atoms with van der Waals surface area (Å²) in [5.74, 6) is 6.55. The molecule has 1 aromatic carbocycles. The maximum Gasteiger partial charge on any atom is 0.0850 e. The van der Waals surface area contributed by atoms with E-state index < -0.39 is 0 Å². The Bertz CT molecular complexity index is 440. The molecule has 3 atom stereocenters. The molecule has 1 saturated carbocycles. The van der Waals surface area contributed by atoms with Crippen LogP contribution in [-0.4, -0.2) is 18.8 Å². The molecule has 20 heavy (non-hydrogen) atoms. The fourth-order valence-electron chi connectivity index (χ4n) is 3.48. The molecule has 1 fully saturated rings. The predicted octanol–water partition coefficient (Wildman–Crippen LogP) is 3.42. The Morgan fingerprint density at radius 1 is 1.55 bits per heavy atom. The molecule has 0 amide bonds. The van der Waals surface area contributed by atoms with Crippen molar-refractivity contribution in [3.05, 3.63) is 34.3 Å². The molecule has 0 radical (unpaired) electrons. The maximum absolute atomic E-state index is 5.95. The second kappa shape index (κ2) is 7.03. The number of hydrogen-bond acceptors (Lipinski definition) is 3. The van der Waals surface area contributed by atoms with Crippen LogP contribution >= 0.6 is 15.9 Å².